The van der Waals surface area contributed by atoms with E-state index in [9.17, 15) is 9.59 Å². The molecule has 1 atom stereocenters. The molecule has 1 amide bonds. The van der Waals surface area contributed by atoms with Gasteiger partial charge < -0.3 is 9.64 Å². The van der Waals surface area contributed by atoms with Gasteiger partial charge in [-0.15, -0.1) is 0 Å². The van der Waals surface area contributed by atoms with E-state index in [-0.39, 0.29) is 31.1 Å². The van der Waals surface area contributed by atoms with Crippen LogP contribution < -0.4 is 5.01 Å². The number of nitrogens with zero attached hydrogens (tertiary/aromatic N) is 4. The van der Waals surface area contributed by atoms with E-state index in [4.69, 9.17) is 10.00 Å². The molecular weight excluding hydrogens is 308 g/mol. The number of likely N-dealkylation sites (N-methyl/N-ethyl adjacent to an activating group) is 1. The summed E-state index contributed by atoms with van der Waals surface area (Å²) in [4.78, 5) is 26.2. The topological polar surface area (TPSA) is 86.0 Å². The van der Waals surface area contributed by atoms with E-state index in [1.54, 1.807) is 19.0 Å². The molecule has 0 bridgehead atoms. The fourth-order valence-corrected chi connectivity index (χ4v) is 2.44. The van der Waals surface area contributed by atoms with E-state index in [1.165, 1.54) is 4.90 Å². The van der Waals surface area contributed by atoms with Gasteiger partial charge in [0, 0.05) is 20.0 Å². The molecule has 2 rings (SSSR count). The summed E-state index contributed by atoms with van der Waals surface area (Å²) in [6, 6.07) is 10.6. The van der Waals surface area contributed by atoms with Crippen molar-refractivity contribution in [2.24, 2.45) is 5.10 Å². The summed E-state index contributed by atoms with van der Waals surface area (Å²) in [5.74, 6) is -0.689. The quantitative estimate of drug-likeness (QED) is 0.740. The lowest BCUT2D eigenvalue weighted by molar-refractivity contribution is -0.135. The molecule has 0 fully saturated rings. The molecule has 0 radical (unpaired) electrons. The average Bonchev–Trinajstić information content (AvgIpc) is 3.05. The van der Waals surface area contributed by atoms with Crippen molar-refractivity contribution in [2.75, 3.05) is 25.2 Å². The third kappa shape index (κ3) is 3.90. The molecule has 0 saturated heterocycles. The first-order valence-electron chi connectivity index (χ1n) is 7.79. The predicted molar refractivity (Wildman–Crippen MR) is 89.3 cm³/mol. The van der Waals surface area contributed by atoms with Crippen LogP contribution in [0.5, 0.6) is 0 Å². The molecule has 1 heterocycles. The maximum Gasteiger partial charge on any atom is 0.354 e. The maximum atomic E-state index is 12.7. The van der Waals surface area contributed by atoms with Crippen LogP contribution in [0.4, 0.5) is 5.69 Å². The Hall–Kier alpha value is -2.88. The summed E-state index contributed by atoms with van der Waals surface area (Å²) in [6.07, 6.45) is 0.440. The number of benzene rings is 1. The minimum absolute atomic E-state index is 0.183. The van der Waals surface area contributed by atoms with Crippen LogP contribution >= 0.6 is 0 Å². The lowest BCUT2D eigenvalue weighted by Crippen LogP contribution is -2.44. The van der Waals surface area contributed by atoms with Gasteiger partial charge in [-0.1, -0.05) is 18.2 Å². The SMILES string of the molecule is CCOC(=O)C1=NN(c2ccccc2)C(C(=O)N(C)CCC#N)C1. The highest BCUT2D eigenvalue weighted by molar-refractivity contribution is 6.38. The number of amides is 1. The lowest BCUT2D eigenvalue weighted by atomic mass is 10.1. The van der Waals surface area contributed by atoms with Crippen molar-refractivity contribution in [2.45, 2.75) is 25.8 Å². The fraction of sp³-hybridized carbons (Fsp3) is 0.412. The van der Waals surface area contributed by atoms with Crippen LogP contribution in [-0.2, 0) is 14.3 Å². The first-order valence-corrected chi connectivity index (χ1v) is 7.79. The van der Waals surface area contributed by atoms with Crippen LogP contribution in [0.3, 0.4) is 0 Å². The zero-order valence-electron chi connectivity index (χ0n) is 13.8. The van der Waals surface area contributed by atoms with Gasteiger partial charge in [-0.2, -0.15) is 10.4 Å². The second-order valence-corrected chi connectivity index (χ2v) is 5.34. The second-order valence-electron chi connectivity index (χ2n) is 5.34. The van der Waals surface area contributed by atoms with Crippen LogP contribution in [0.15, 0.2) is 35.4 Å². The number of hydrogen-bond donors (Lipinski definition) is 0. The third-order valence-corrected chi connectivity index (χ3v) is 3.66. The Kier molecular flexibility index (Phi) is 5.90. The molecule has 126 valence electrons. The predicted octanol–water partition coefficient (Wildman–Crippen LogP) is 1.56. The number of rotatable bonds is 6. The van der Waals surface area contributed by atoms with E-state index in [2.05, 4.69) is 5.10 Å². The van der Waals surface area contributed by atoms with Gasteiger partial charge in [0.2, 0.25) is 5.91 Å². The van der Waals surface area contributed by atoms with Gasteiger partial charge in [0.1, 0.15) is 11.8 Å². The van der Waals surface area contributed by atoms with Crippen molar-refractivity contribution >= 4 is 23.3 Å². The molecule has 24 heavy (non-hydrogen) atoms. The normalized spacial score (nSPS) is 16.3. The van der Waals surface area contributed by atoms with E-state index in [0.29, 0.717) is 6.54 Å². The van der Waals surface area contributed by atoms with Gasteiger partial charge >= 0.3 is 5.97 Å². The molecule has 0 saturated carbocycles. The molecule has 0 aromatic heterocycles. The number of carbonyl (C=O) groups is 2. The molecular formula is C17H20N4O3. The number of ether oxygens (including phenoxy) is 1. The molecule has 1 unspecified atom stereocenters. The number of hydrogen-bond acceptors (Lipinski definition) is 6. The Morgan fingerprint density at radius 1 is 1.42 bits per heavy atom. The summed E-state index contributed by atoms with van der Waals surface area (Å²) in [5.41, 5.74) is 0.955. The van der Waals surface area contributed by atoms with Gasteiger partial charge in [0.15, 0.2) is 0 Å². The molecule has 7 heteroatoms. The Bertz CT molecular complexity index is 666. The Morgan fingerprint density at radius 2 is 2.12 bits per heavy atom. The standard InChI is InChI=1S/C17H20N4O3/c1-3-24-17(23)14-12-15(16(22)20(2)11-7-10-18)21(19-14)13-8-5-4-6-9-13/h4-6,8-9,15H,3,7,11-12H2,1-2H3. The number of esters is 1. The van der Waals surface area contributed by atoms with Crippen molar-refractivity contribution in [3.63, 3.8) is 0 Å². The first kappa shape index (κ1) is 17.5. The molecule has 0 aliphatic carbocycles. The van der Waals surface area contributed by atoms with Crippen LogP contribution in [0.1, 0.15) is 19.8 Å². The number of para-hydroxylation sites is 1. The number of nitriles is 1. The largest absolute Gasteiger partial charge is 0.461 e. The van der Waals surface area contributed by atoms with E-state index < -0.39 is 12.0 Å². The van der Waals surface area contributed by atoms with Crippen LogP contribution in [0.2, 0.25) is 0 Å². The smallest absolute Gasteiger partial charge is 0.354 e. The number of hydrazone groups is 1. The summed E-state index contributed by atoms with van der Waals surface area (Å²) in [5, 5.41) is 14.5. The molecule has 1 aliphatic rings. The van der Waals surface area contributed by atoms with Crippen molar-refractivity contribution in [3.8, 4) is 6.07 Å². The Morgan fingerprint density at radius 3 is 2.75 bits per heavy atom. The highest BCUT2D eigenvalue weighted by atomic mass is 16.5. The van der Waals surface area contributed by atoms with Crippen LogP contribution in [0, 0.1) is 11.3 Å². The van der Waals surface area contributed by atoms with E-state index >= 15 is 0 Å². The number of anilines is 1. The average molecular weight is 328 g/mol. The summed E-state index contributed by atoms with van der Waals surface area (Å²) in [6.45, 7) is 2.31. The summed E-state index contributed by atoms with van der Waals surface area (Å²) >= 11 is 0. The van der Waals surface area contributed by atoms with Gasteiger partial charge in [-0.3, -0.25) is 9.80 Å². The Balaban J connectivity index is 2.24. The Labute approximate surface area is 141 Å². The first-order chi connectivity index (χ1) is 11.6. The number of carbonyl (C=O) groups excluding carboxylic acids is 2. The summed E-state index contributed by atoms with van der Waals surface area (Å²) in [7, 11) is 1.64. The van der Waals surface area contributed by atoms with E-state index in [1.807, 2.05) is 36.4 Å². The molecule has 0 N–H and O–H groups in total. The second kappa shape index (κ2) is 8.11. The zero-order valence-corrected chi connectivity index (χ0v) is 13.8. The highest BCUT2D eigenvalue weighted by Crippen LogP contribution is 2.26. The van der Waals surface area contributed by atoms with Crippen molar-refractivity contribution in [3.05, 3.63) is 30.3 Å². The minimum Gasteiger partial charge on any atom is -0.461 e. The maximum absolute atomic E-state index is 12.7. The van der Waals surface area contributed by atoms with Gasteiger partial charge in [0.05, 0.1) is 24.8 Å². The van der Waals surface area contributed by atoms with Gasteiger partial charge in [-0.05, 0) is 19.1 Å². The minimum atomic E-state index is -0.615. The fourth-order valence-electron chi connectivity index (χ4n) is 2.44. The van der Waals surface area contributed by atoms with Gasteiger partial charge in [-0.25, -0.2) is 4.79 Å². The molecule has 1 aliphatic heterocycles. The van der Waals surface area contributed by atoms with Gasteiger partial charge in [0.25, 0.3) is 0 Å². The van der Waals surface area contributed by atoms with Crippen LogP contribution in [0.25, 0.3) is 0 Å². The molecule has 1 aromatic carbocycles. The summed E-state index contributed by atoms with van der Waals surface area (Å²) < 4.78 is 5.00. The third-order valence-electron chi connectivity index (χ3n) is 3.66. The monoisotopic (exact) mass is 328 g/mol. The zero-order chi connectivity index (χ0) is 17.5. The molecule has 1 aromatic rings. The molecule has 0 spiro atoms. The van der Waals surface area contributed by atoms with Crippen LogP contribution in [-0.4, -0.2) is 48.7 Å². The molecule has 7 nitrogen and oxygen atoms in total. The highest BCUT2D eigenvalue weighted by Gasteiger charge is 2.38. The lowest BCUT2D eigenvalue weighted by Gasteiger charge is -2.26. The van der Waals surface area contributed by atoms with E-state index in [0.717, 1.165) is 5.69 Å². The van der Waals surface area contributed by atoms with Crippen molar-refractivity contribution < 1.29 is 14.3 Å². The van der Waals surface area contributed by atoms with Crippen molar-refractivity contribution in [1.29, 1.82) is 5.26 Å². The van der Waals surface area contributed by atoms with Crippen molar-refractivity contribution in [1.82, 2.24) is 4.90 Å².